The van der Waals surface area contributed by atoms with Gasteiger partial charge >= 0.3 is 5.97 Å². The average Bonchev–Trinajstić information content (AvgIpc) is 1.92. The Morgan fingerprint density at radius 1 is 1.33 bits per heavy atom. The van der Waals surface area contributed by atoms with Gasteiger partial charge in [-0.1, -0.05) is 20.8 Å². The van der Waals surface area contributed by atoms with Gasteiger partial charge in [-0.2, -0.15) is 0 Å². The normalized spacial score (nSPS) is 27.3. The first kappa shape index (κ1) is 12.7. The summed E-state index contributed by atoms with van der Waals surface area (Å²) in [7, 11) is -1.70. The van der Waals surface area contributed by atoms with Crippen LogP contribution in [0.2, 0.25) is 18.1 Å². The molecule has 0 heterocycles. The molecule has 1 aliphatic carbocycles. The fourth-order valence-electron chi connectivity index (χ4n) is 1.46. The van der Waals surface area contributed by atoms with Crippen LogP contribution in [-0.2, 0) is 9.22 Å². The predicted molar refractivity (Wildman–Crippen MR) is 62.4 cm³/mol. The van der Waals surface area contributed by atoms with Gasteiger partial charge in [0, 0.05) is 6.10 Å². The number of rotatable bonds is 3. The van der Waals surface area contributed by atoms with Crippen molar-refractivity contribution in [2.24, 2.45) is 5.92 Å². The third kappa shape index (κ3) is 2.81. The Bertz CT molecular complexity index is 249. The summed E-state index contributed by atoms with van der Waals surface area (Å²) in [5.74, 6) is -0.843. The molecular weight excluding hydrogens is 208 g/mol. The third-order valence-electron chi connectivity index (χ3n) is 3.71. The van der Waals surface area contributed by atoms with E-state index in [4.69, 9.17) is 9.53 Å². The summed E-state index contributed by atoms with van der Waals surface area (Å²) >= 11 is 0. The van der Waals surface area contributed by atoms with Gasteiger partial charge in [0.1, 0.15) is 0 Å². The molecule has 1 saturated carbocycles. The van der Waals surface area contributed by atoms with Gasteiger partial charge in [-0.3, -0.25) is 4.79 Å². The maximum atomic E-state index is 10.6. The van der Waals surface area contributed by atoms with Crippen LogP contribution < -0.4 is 0 Å². The molecule has 0 aromatic carbocycles. The fraction of sp³-hybridized carbons (Fsp3) is 0.909. The summed E-state index contributed by atoms with van der Waals surface area (Å²) in [5, 5.41) is 8.97. The number of hydrogen-bond acceptors (Lipinski definition) is 2. The second-order valence-electron chi connectivity index (χ2n) is 6.01. The van der Waals surface area contributed by atoms with Gasteiger partial charge in [-0.25, -0.2) is 0 Å². The van der Waals surface area contributed by atoms with E-state index in [2.05, 4.69) is 33.9 Å². The molecule has 88 valence electrons. The lowest BCUT2D eigenvalue weighted by molar-refractivity contribution is -0.148. The van der Waals surface area contributed by atoms with E-state index in [1.165, 1.54) is 0 Å². The van der Waals surface area contributed by atoms with E-state index in [1.807, 2.05) is 0 Å². The Labute approximate surface area is 93.0 Å². The highest BCUT2D eigenvalue weighted by atomic mass is 28.4. The molecule has 0 bridgehead atoms. The van der Waals surface area contributed by atoms with E-state index in [0.29, 0.717) is 12.8 Å². The Morgan fingerprint density at radius 2 is 1.80 bits per heavy atom. The van der Waals surface area contributed by atoms with E-state index in [-0.39, 0.29) is 17.1 Å². The minimum absolute atomic E-state index is 0.167. The molecule has 0 aromatic rings. The molecule has 0 atom stereocenters. The zero-order valence-electron chi connectivity index (χ0n) is 10.3. The second kappa shape index (κ2) is 3.90. The number of hydrogen-bond donors (Lipinski definition) is 1. The third-order valence-corrected chi connectivity index (χ3v) is 8.25. The van der Waals surface area contributed by atoms with Gasteiger partial charge in [0.2, 0.25) is 0 Å². The molecule has 3 nitrogen and oxygen atoms in total. The molecule has 0 unspecified atom stereocenters. The minimum atomic E-state index is -1.70. The van der Waals surface area contributed by atoms with Crippen molar-refractivity contribution in [1.29, 1.82) is 0 Å². The summed E-state index contributed by atoms with van der Waals surface area (Å²) < 4.78 is 6.09. The van der Waals surface area contributed by atoms with Crippen LogP contribution in [0.4, 0.5) is 0 Å². The van der Waals surface area contributed by atoms with Gasteiger partial charge < -0.3 is 9.53 Å². The molecule has 0 radical (unpaired) electrons. The van der Waals surface area contributed by atoms with E-state index in [0.717, 1.165) is 0 Å². The van der Waals surface area contributed by atoms with Crippen LogP contribution in [0, 0.1) is 5.92 Å². The summed E-state index contributed by atoms with van der Waals surface area (Å²) in [6.45, 7) is 11.0. The van der Waals surface area contributed by atoms with Crippen molar-refractivity contribution >= 4 is 14.3 Å². The maximum Gasteiger partial charge on any atom is 0.306 e. The van der Waals surface area contributed by atoms with Gasteiger partial charge in [0.05, 0.1) is 5.92 Å². The smallest absolute Gasteiger partial charge is 0.306 e. The van der Waals surface area contributed by atoms with Gasteiger partial charge in [-0.05, 0) is 31.0 Å². The number of carboxylic acids is 1. The molecular formula is C11H22O3Si. The summed E-state index contributed by atoms with van der Waals surface area (Å²) in [5.41, 5.74) is 0. The molecule has 1 aliphatic rings. The summed E-state index contributed by atoms with van der Waals surface area (Å²) in [6, 6.07) is 0. The van der Waals surface area contributed by atoms with Crippen molar-refractivity contribution in [2.45, 2.75) is 57.8 Å². The molecule has 1 N–H and O–H groups in total. The summed E-state index contributed by atoms with van der Waals surface area (Å²) in [6.07, 6.45) is 1.58. The van der Waals surface area contributed by atoms with Crippen LogP contribution in [0.15, 0.2) is 0 Å². The molecule has 0 aromatic heterocycles. The van der Waals surface area contributed by atoms with Gasteiger partial charge in [0.15, 0.2) is 8.32 Å². The molecule has 15 heavy (non-hydrogen) atoms. The lowest BCUT2D eigenvalue weighted by atomic mass is 9.83. The van der Waals surface area contributed by atoms with Crippen LogP contribution in [0.3, 0.4) is 0 Å². The molecule has 0 saturated heterocycles. The first-order valence-electron chi connectivity index (χ1n) is 5.54. The van der Waals surface area contributed by atoms with E-state index in [1.54, 1.807) is 0 Å². The Balaban J connectivity index is 2.42. The fourth-order valence-corrected chi connectivity index (χ4v) is 2.84. The van der Waals surface area contributed by atoms with E-state index < -0.39 is 14.3 Å². The molecule has 0 amide bonds. The number of carboxylic acid groups (broad SMARTS) is 1. The predicted octanol–water partition coefficient (Wildman–Crippen LogP) is 2.87. The highest BCUT2D eigenvalue weighted by Gasteiger charge is 2.43. The largest absolute Gasteiger partial charge is 0.481 e. The highest BCUT2D eigenvalue weighted by molar-refractivity contribution is 6.74. The SMILES string of the molecule is CC(C)(C)[Si](C)(C)OC1CC(C(=O)O)C1. The van der Waals surface area contributed by atoms with Crippen molar-refractivity contribution in [1.82, 2.24) is 0 Å². The molecule has 1 fully saturated rings. The lowest BCUT2D eigenvalue weighted by Crippen LogP contribution is -2.48. The average molecular weight is 230 g/mol. The lowest BCUT2D eigenvalue weighted by Gasteiger charge is -2.43. The molecule has 0 aliphatic heterocycles. The monoisotopic (exact) mass is 230 g/mol. The first-order valence-corrected chi connectivity index (χ1v) is 8.45. The van der Waals surface area contributed by atoms with Gasteiger partial charge in [-0.15, -0.1) is 0 Å². The maximum absolute atomic E-state index is 10.6. The zero-order chi connectivity index (χ0) is 11.9. The topological polar surface area (TPSA) is 46.5 Å². The Morgan fingerprint density at radius 3 is 2.13 bits per heavy atom. The first-order chi connectivity index (χ1) is 6.63. The quantitative estimate of drug-likeness (QED) is 0.758. The van der Waals surface area contributed by atoms with Gasteiger partial charge in [0.25, 0.3) is 0 Å². The standard InChI is InChI=1S/C11H22O3Si/c1-11(2,3)15(4,5)14-9-6-8(7-9)10(12)13/h8-9H,6-7H2,1-5H3,(H,12,13). The van der Waals surface area contributed by atoms with Crippen molar-refractivity contribution in [3.63, 3.8) is 0 Å². The van der Waals surface area contributed by atoms with Crippen LogP contribution in [0.25, 0.3) is 0 Å². The summed E-state index contributed by atoms with van der Waals surface area (Å²) in [4.78, 5) is 10.6. The Kier molecular flexibility index (Phi) is 3.31. The van der Waals surface area contributed by atoms with Crippen molar-refractivity contribution in [3.05, 3.63) is 0 Å². The van der Waals surface area contributed by atoms with Crippen LogP contribution in [0.1, 0.15) is 33.6 Å². The second-order valence-corrected chi connectivity index (χ2v) is 10.8. The van der Waals surface area contributed by atoms with Crippen LogP contribution >= 0.6 is 0 Å². The van der Waals surface area contributed by atoms with E-state index >= 15 is 0 Å². The van der Waals surface area contributed by atoms with Crippen molar-refractivity contribution < 1.29 is 14.3 Å². The van der Waals surface area contributed by atoms with Crippen LogP contribution in [0.5, 0.6) is 0 Å². The Hall–Kier alpha value is -0.353. The minimum Gasteiger partial charge on any atom is -0.481 e. The van der Waals surface area contributed by atoms with Crippen LogP contribution in [-0.4, -0.2) is 25.5 Å². The van der Waals surface area contributed by atoms with Crippen molar-refractivity contribution in [3.8, 4) is 0 Å². The number of aliphatic carboxylic acids is 1. The van der Waals surface area contributed by atoms with Crippen molar-refractivity contribution in [2.75, 3.05) is 0 Å². The highest BCUT2D eigenvalue weighted by Crippen LogP contribution is 2.41. The molecule has 4 heteroatoms. The molecule has 0 spiro atoms. The zero-order valence-corrected chi connectivity index (χ0v) is 11.3. The molecule has 1 rings (SSSR count). The number of carbonyl (C=O) groups is 1. The van der Waals surface area contributed by atoms with E-state index in [9.17, 15) is 4.79 Å².